The fourth-order valence-corrected chi connectivity index (χ4v) is 1.80. The quantitative estimate of drug-likeness (QED) is 0.650. The number of nitrogens with one attached hydrogen (secondary N) is 2. The van der Waals surface area contributed by atoms with E-state index in [1.54, 1.807) is 6.20 Å². The van der Waals surface area contributed by atoms with Crippen LogP contribution < -0.4 is 11.1 Å². The number of carbonyl (C=O) groups is 1. The summed E-state index contributed by atoms with van der Waals surface area (Å²) in [6.07, 6.45) is 3.09. The van der Waals surface area contributed by atoms with E-state index in [4.69, 9.17) is 5.73 Å². The first-order valence-electron chi connectivity index (χ1n) is 5.73. The van der Waals surface area contributed by atoms with E-state index >= 15 is 0 Å². The summed E-state index contributed by atoms with van der Waals surface area (Å²) in [6.45, 7) is 0.0915. The van der Waals surface area contributed by atoms with Crippen molar-refractivity contribution in [2.75, 3.05) is 11.1 Å². The summed E-state index contributed by atoms with van der Waals surface area (Å²) in [5, 5.41) is 6.62. The lowest BCUT2D eigenvalue weighted by molar-refractivity contribution is -0.116. The molecule has 2 aromatic heterocycles. The third-order valence-electron chi connectivity index (χ3n) is 2.61. The number of nitrogens with zero attached hydrogens (tertiary/aromatic N) is 3. The van der Waals surface area contributed by atoms with Crippen molar-refractivity contribution >= 4 is 28.6 Å². The summed E-state index contributed by atoms with van der Waals surface area (Å²) >= 11 is 0. The Morgan fingerprint density at radius 1 is 1.42 bits per heavy atom. The number of benzene rings is 1. The van der Waals surface area contributed by atoms with Crippen molar-refractivity contribution in [3.63, 3.8) is 0 Å². The van der Waals surface area contributed by atoms with Gasteiger partial charge in [0.25, 0.3) is 0 Å². The molecule has 7 nitrogen and oxygen atoms in total. The van der Waals surface area contributed by atoms with Crippen LogP contribution in [0, 0.1) is 0 Å². The number of anilines is 2. The number of hydrogen-bond acceptors (Lipinski definition) is 4. The number of imidazole rings is 1. The molecule has 0 atom stereocenters. The Labute approximate surface area is 108 Å². The van der Waals surface area contributed by atoms with Crippen molar-refractivity contribution in [2.24, 2.45) is 0 Å². The zero-order valence-corrected chi connectivity index (χ0v) is 10.00. The van der Waals surface area contributed by atoms with Gasteiger partial charge in [-0.15, -0.1) is 0 Å². The molecule has 0 aliphatic heterocycles. The maximum Gasteiger partial charge on any atom is 0.248 e. The van der Waals surface area contributed by atoms with Crippen LogP contribution in [0.4, 0.5) is 11.6 Å². The number of amides is 1. The predicted octanol–water partition coefficient (Wildman–Crippen LogP) is 0.980. The van der Waals surface area contributed by atoms with Gasteiger partial charge in [-0.3, -0.25) is 14.8 Å². The van der Waals surface area contributed by atoms with Gasteiger partial charge in [0.05, 0.1) is 22.9 Å². The summed E-state index contributed by atoms with van der Waals surface area (Å²) in [6, 6.07) is 7.56. The first-order chi connectivity index (χ1) is 9.20. The molecule has 96 valence electrons. The maximum atomic E-state index is 11.8. The van der Waals surface area contributed by atoms with Crippen LogP contribution >= 0.6 is 0 Å². The highest BCUT2D eigenvalue weighted by Crippen LogP contribution is 2.13. The largest absolute Gasteiger partial charge is 0.396 e. The number of rotatable bonds is 3. The van der Waals surface area contributed by atoms with Crippen LogP contribution in [0.5, 0.6) is 0 Å². The van der Waals surface area contributed by atoms with Gasteiger partial charge < -0.3 is 10.7 Å². The topological polar surface area (TPSA) is 102 Å². The Morgan fingerprint density at radius 2 is 2.26 bits per heavy atom. The molecular formula is C12H12N6O. The number of H-pyrrole nitrogens is 1. The standard InChI is InChI=1S/C12H12N6O/c13-8-5-14-18(6-8)7-11(19)17-12-15-9-3-1-2-4-10(9)16-12/h1-6H,7,13H2,(H2,15,16,17,19). The maximum absolute atomic E-state index is 11.8. The highest BCUT2D eigenvalue weighted by atomic mass is 16.2. The van der Waals surface area contributed by atoms with E-state index in [2.05, 4.69) is 20.4 Å². The molecule has 0 radical (unpaired) electrons. The smallest absolute Gasteiger partial charge is 0.248 e. The van der Waals surface area contributed by atoms with Crippen LogP contribution in [-0.4, -0.2) is 25.7 Å². The molecule has 3 rings (SSSR count). The predicted molar refractivity (Wildman–Crippen MR) is 71.4 cm³/mol. The molecule has 0 aliphatic carbocycles. The minimum Gasteiger partial charge on any atom is -0.396 e. The number of aromatic nitrogens is 4. The molecular weight excluding hydrogens is 244 g/mol. The van der Waals surface area contributed by atoms with Crippen molar-refractivity contribution in [1.29, 1.82) is 0 Å². The van der Waals surface area contributed by atoms with Gasteiger partial charge in [-0.2, -0.15) is 5.10 Å². The lowest BCUT2D eigenvalue weighted by Gasteiger charge is -2.01. The zero-order chi connectivity index (χ0) is 13.2. The monoisotopic (exact) mass is 256 g/mol. The summed E-state index contributed by atoms with van der Waals surface area (Å²) in [5.41, 5.74) is 7.73. The minimum atomic E-state index is -0.220. The Hall–Kier alpha value is -2.83. The molecule has 0 fully saturated rings. The summed E-state index contributed by atoms with van der Waals surface area (Å²) in [5.74, 6) is 0.202. The fraction of sp³-hybridized carbons (Fsp3) is 0.0833. The van der Waals surface area contributed by atoms with E-state index in [9.17, 15) is 4.79 Å². The highest BCUT2D eigenvalue weighted by molar-refractivity contribution is 5.90. The van der Waals surface area contributed by atoms with Crippen molar-refractivity contribution in [3.8, 4) is 0 Å². The minimum absolute atomic E-state index is 0.0915. The van der Waals surface area contributed by atoms with Crippen molar-refractivity contribution in [3.05, 3.63) is 36.7 Å². The Bertz CT molecular complexity index is 695. The summed E-state index contributed by atoms with van der Waals surface area (Å²) in [7, 11) is 0. The molecule has 2 heterocycles. The molecule has 1 amide bonds. The number of fused-ring (bicyclic) bond motifs is 1. The van der Waals surface area contributed by atoms with Gasteiger partial charge in [0.2, 0.25) is 11.9 Å². The van der Waals surface area contributed by atoms with Crippen LogP contribution in [0.15, 0.2) is 36.7 Å². The Kier molecular flexibility index (Phi) is 2.64. The van der Waals surface area contributed by atoms with Gasteiger partial charge in [-0.1, -0.05) is 12.1 Å². The fourth-order valence-electron chi connectivity index (χ4n) is 1.80. The molecule has 0 bridgehead atoms. The second-order valence-corrected chi connectivity index (χ2v) is 4.12. The molecule has 7 heteroatoms. The Balaban J connectivity index is 1.72. The SMILES string of the molecule is Nc1cnn(CC(=O)Nc2nc3ccccc3[nH]2)c1. The van der Waals surface area contributed by atoms with Crippen molar-refractivity contribution in [2.45, 2.75) is 6.54 Å². The molecule has 3 aromatic rings. The lowest BCUT2D eigenvalue weighted by Crippen LogP contribution is -2.19. The van der Waals surface area contributed by atoms with Crippen LogP contribution in [0.25, 0.3) is 11.0 Å². The molecule has 0 saturated carbocycles. The van der Waals surface area contributed by atoms with Crippen LogP contribution in [0.3, 0.4) is 0 Å². The molecule has 0 aliphatic rings. The van der Waals surface area contributed by atoms with Crippen LogP contribution in [0.1, 0.15) is 0 Å². The highest BCUT2D eigenvalue weighted by Gasteiger charge is 2.07. The number of hydrogen-bond donors (Lipinski definition) is 3. The summed E-state index contributed by atoms with van der Waals surface area (Å²) < 4.78 is 1.47. The molecule has 1 aromatic carbocycles. The Morgan fingerprint density at radius 3 is 3.00 bits per heavy atom. The van der Waals surface area contributed by atoms with Crippen LogP contribution in [0.2, 0.25) is 0 Å². The van der Waals surface area contributed by atoms with E-state index in [0.717, 1.165) is 11.0 Å². The van der Waals surface area contributed by atoms with Crippen LogP contribution in [-0.2, 0) is 11.3 Å². The van der Waals surface area contributed by atoms with E-state index < -0.39 is 0 Å². The summed E-state index contributed by atoms with van der Waals surface area (Å²) in [4.78, 5) is 19.1. The lowest BCUT2D eigenvalue weighted by atomic mass is 10.3. The molecule has 4 N–H and O–H groups in total. The number of nitrogen functional groups attached to an aromatic ring is 1. The second kappa shape index (κ2) is 4.45. The molecule has 0 saturated heterocycles. The van der Waals surface area contributed by atoms with Gasteiger partial charge in [-0.05, 0) is 12.1 Å². The van der Waals surface area contributed by atoms with E-state index in [1.165, 1.54) is 10.9 Å². The molecule has 19 heavy (non-hydrogen) atoms. The number of para-hydroxylation sites is 2. The number of aromatic amines is 1. The van der Waals surface area contributed by atoms with E-state index in [0.29, 0.717) is 11.6 Å². The average Bonchev–Trinajstić information content (AvgIpc) is 2.94. The third-order valence-corrected chi connectivity index (χ3v) is 2.61. The van der Waals surface area contributed by atoms with Crippen molar-refractivity contribution in [1.82, 2.24) is 19.7 Å². The van der Waals surface area contributed by atoms with Gasteiger partial charge in [0, 0.05) is 6.20 Å². The number of carbonyl (C=O) groups excluding carboxylic acids is 1. The van der Waals surface area contributed by atoms with Gasteiger partial charge in [0.15, 0.2) is 0 Å². The number of nitrogens with two attached hydrogens (primary N) is 1. The van der Waals surface area contributed by atoms with E-state index in [-0.39, 0.29) is 12.5 Å². The van der Waals surface area contributed by atoms with Gasteiger partial charge in [0.1, 0.15) is 6.54 Å². The average molecular weight is 256 g/mol. The first-order valence-corrected chi connectivity index (χ1v) is 5.73. The second-order valence-electron chi connectivity index (χ2n) is 4.12. The molecule has 0 unspecified atom stereocenters. The zero-order valence-electron chi connectivity index (χ0n) is 10.00. The molecule has 0 spiro atoms. The van der Waals surface area contributed by atoms with Gasteiger partial charge in [-0.25, -0.2) is 4.98 Å². The first kappa shape index (κ1) is 11.3. The van der Waals surface area contributed by atoms with E-state index in [1.807, 2.05) is 24.3 Å². The van der Waals surface area contributed by atoms with Crippen molar-refractivity contribution < 1.29 is 4.79 Å². The normalized spacial score (nSPS) is 10.7. The third kappa shape index (κ3) is 2.39. The van der Waals surface area contributed by atoms with Gasteiger partial charge >= 0.3 is 0 Å².